The molecule has 0 heterocycles. The molecule has 29 heavy (non-hydrogen) atoms. The number of halogens is 4. The first-order valence-corrected chi connectivity index (χ1v) is 10.8. The van der Waals surface area contributed by atoms with Crippen molar-refractivity contribution in [3.8, 4) is 11.5 Å². The third-order valence-corrected chi connectivity index (χ3v) is 7.28. The van der Waals surface area contributed by atoms with Crippen molar-refractivity contribution in [1.82, 2.24) is 0 Å². The zero-order valence-electron chi connectivity index (χ0n) is 14.3. The van der Waals surface area contributed by atoms with Crippen molar-refractivity contribution in [2.24, 2.45) is 0 Å². The summed E-state index contributed by atoms with van der Waals surface area (Å²) in [6.45, 7) is 0. The van der Waals surface area contributed by atoms with Crippen LogP contribution in [0.4, 0.5) is 0 Å². The summed E-state index contributed by atoms with van der Waals surface area (Å²) in [5.41, 5.74) is -0.139. The molecule has 0 aliphatic heterocycles. The van der Waals surface area contributed by atoms with E-state index in [4.69, 9.17) is 46.4 Å². The smallest absolute Gasteiger partial charge is 0.283 e. The van der Waals surface area contributed by atoms with Gasteiger partial charge in [0.2, 0.25) is 0 Å². The predicted octanol–water partition coefficient (Wildman–Crippen LogP) is 5.89. The Labute approximate surface area is 186 Å². The minimum Gasteiger partial charge on any atom is -0.508 e. The molecule has 1 unspecified atom stereocenters. The molecular formula is C19H12Cl4O5S. The molecule has 1 atom stereocenters. The minimum absolute atomic E-state index is 0.0276. The van der Waals surface area contributed by atoms with Crippen LogP contribution in [-0.4, -0.2) is 23.2 Å². The number of hydrogen-bond acceptors (Lipinski definition) is 4. The molecule has 5 nitrogen and oxygen atoms in total. The lowest BCUT2D eigenvalue weighted by molar-refractivity contribution is 0.456. The van der Waals surface area contributed by atoms with E-state index >= 15 is 0 Å². The van der Waals surface area contributed by atoms with Crippen LogP contribution in [-0.2, 0) is 14.9 Å². The van der Waals surface area contributed by atoms with Gasteiger partial charge in [-0.3, -0.25) is 4.55 Å². The van der Waals surface area contributed by atoms with Crippen molar-refractivity contribution in [3.63, 3.8) is 0 Å². The van der Waals surface area contributed by atoms with Gasteiger partial charge in [-0.15, -0.1) is 0 Å². The number of hydrogen-bond donors (Lipinski definition) is 3. The van der Waals surface area contributed by atoms with E-state index in [1.54, 1.807) is 0 Å². The van der Waals surface area contributed by atoms with Crippen LogP contribution in [0.2, 0.25) is 20.1 Å². The molecule has 0 spiro atoms. The molecule has 0 amide bonds. The molecule has 3 aromatic carbocycles. The number of aromatic hydroxyl groups is 2. The van der Waals surface area contributed by atoms with E-state index in [0.717, 1.165) is 12.1 Å². The fourth-order valence-corrected chi connectivity index (χ4v) is 5.44. The Kier molecular flexibility index (Phi) is 5.98. The van der Waals surface area contributed by atoms with E-state index in [9.17, 15) is 23.2 Å². The van der Waals surface area contributed by atoms with Crippen LogP contribution in [0.15, 0.2) is 54.6 Å². The summed E-state index contributed by atoms with van der Waals surface area (Å²) < 4.78 is 34.1. The Morgan fingerprint density at radius 3 is 1.83 bits per heavy atom. The maximum absolute atomic E-state index is 13.0. The van der Waals surface area contributed by atoms with Gasteiger partial charge < -0.3 is 10.2 Å². The molecule has 10 heteroatoms. The molecule has 3 aromatic rings. The van der Waals surface area contributed by atoms with E-state index in [2.05, 4.69) is 0 Å². The Bertz CT molecular complexity index is 1170. The third kappa shape index (κ3) is 3.65. The van der Waals surface area contributed by atoms with E-state index in [1.807, 2.05) is 0 Å². The molecule has 3 rings (SSSR count). The van der Waals surface area contributed by atoms with Crippen molar-refractivity contribution in [2.75, 3.05) is 0 Å². The highest BCUT2D eigenvalue weighted by Gasteiger charge is 2.50. The molecule has 0 fully saturated rings. The largest absolute Gasteiger partial charge is 0.508 e. The molecule has 0 bridgehead atoms. The molecular weight excluding hydrogens is 482 g/mol. The van der Waals surface area contributed by atoms with Gasteiger partial charge in [-0.05, 0) is 41.5 Å². The molecule has 0 aromatic heterocycles. The number of benzene rings is 3. The lowest BCUT2D eigenvalue weighted by atomic mass is 9.83. The summed E-state index contributed by atoms with van der Waals surface area (Å²) in [7, 11) is -5.01. The zero-order chi connectivity index (χ0) is 21.6. The van der Waals surface area contributed by atoms with Gasteiger partial charge in [0.1, 0.15) is 5.75 Å². The molecule has 3 N–H and O–H groups in total. The summed E-state index contributed by atoms with van der Waals surface area (Å²) in [6.07, 6.45) is 0. The summed E-state index contributed by atoms with van der Waals surface area (Å²) in [5, 5.41) is 19.0. The summed E-state index contributed by atoms with van der Waals surface area (Å²) in [4.78, 5) is 0. The topological polar surface area (TPSA) is 94.8 Å². The van der Waals surface area contributed by atoms with Crippen LogP contribution < -0.4 is 0 Å². The van der Waals surface area contributed by atoms with Crippen molar-refractivity contribution >= 4 is 56.5 Å². The standard InChI is InChI=1S/C19H12Cl4O5S/c20-14-3-1-2-13(17(14)23)19(29(26,27)28,10-4-6-12(24)7-5-10)11-8-15(21)18(25)16(22)9-11/h1-9,24-25H,(H,26,27,28). The second-order valence-corrected chi connectivity index (χ2v) is 9.26. The van der Waals surface area contributed by atoms with Gasteiger partial charge >= 0.3 is 0 Å². The van der Waals surface area contributed by atoms with Gasteiger partial charge in [0.25, 0.3) is 10.1 Å². The van der Waals surface area contributed by atoms with Gasteiger partial charge in [-0.1, -0.05) is 70.7 Å². The van der Waals surface area contributed by atoms with Crippen LogP contribution in [0.3, 0.4) is 0 Å². The first-order chi connectivity index (χ1) is 13.5. The number of rotatable bonds is 4. The summed E-state index contributed by atoms with van der Waals surface area (Å²) in [5.74, 6) is -0.582. The predicted molar refractivity (Wildman–Crippen MR) is 114 cm³/mol. The molecule has 0 saturated heterocycles. The third-order valence-electron chi connectivity index (χ3n) is 4.42. The average Bonchev–Trinajstić information content (AvgIpc) is 2.64. The van der Waals surface area contributed by atoms with Gasteiger partial charge in [0.05, 0.1) is 20.1 Å². The molecule has 0 saturated carbocycles. The number of phenolic OH excluding ortho intramolecular Hbond substituents is 2. The highest BCUT2D eigenvalue weighted by molar-refractivity contribution is 7.87. The van der Waals surface area contributed by atoms with E-state index in [-0.39, 0.29) is 42.5 Å². The monoisotopic (exact) mass is 492 g/mol. The van der Waals surface area contributed by atoms with Crippen molar-refractivity contribution < 1.29 is 23.2 Å². The lowest BCUT2D eigenvalue weighted by Crippen LogP contribution is -2.38. The van der Waals surface area contributed by atoms with Crippen LogP contribution in [0.5, 0.6) is 11.5 Å². The first-order valence-electron chi connectivity index (χ1n) is 7.89. The summed E-state index contributed by atoms with van der Waals surface area (Å²) >= 11 is 24.5. The van der Waals surface area contributed by atoms with Gasteiger partial charge in [-0.2, -0.15) is 8.42 Å². The summed E-state index contributed by atoms with van der Waals surface area (Å²) in [6, 6.07) is 11.7. The number of phenols is 2. The molecule has 0 aliphatic rings. The van der Waals surface area contributed by atoms with Crippen LogP contribution in [0, 0.1) is 0 Å². The zero-order valence-corrected chi connectivity index (χ0v) is 18.1. The maximum Gasteiger partial charge on any atom is 0.283 e. The first kappa shape index (κ1) is 22.0. The second-order valence-electron chi connectivity index (χ2n) is 6.09. The van der Waals surface area contributed by atoms with Crippen LogP contribution >= 0.6 is 46.4 Å². The SMILES string of the molecule is O=S(=O)(O)C(c1ccc(O)cc1)(c1cc(Cl)c(O)c(Cl)c1)c1cccc(Cl)c1Cl. The van der Waals surface area contributed by atoms with Crippen molar-refractivity contribution in [2.45, 2.75) is 4.75 Å². The maximum atomic E-state index is 13.0. The van der Waals surface area contributed by atoms with Gasteiger partial charge in [-0.25, -0.2) is 0 Å². The Morgan fingerprint density at radius 1 is 0.759 bits per heavy atom. The fourth-order valence-electron chi connectivity index (χ4n) is 3.16. The second kappa shape index (κ2) is 7.87. The fraction of sp³-hybridized carbons (Fsp3) is 0.0526. The van der Waals surface area contributed by atoms with Crippen LogP contribution in [0.25, 0.3) is 0 Å². The van der Waals surface area contributed by atoms with E-state index in [0.29, 0.717) is 0 Å². The quantitative estimate of drug-likeness (QED) is 0.311. The lowest BCUT2D eigenvalue weighted by Gasteiger charge is -2.33. The average molecular weight is 494 g/mol. The van der Waals surface area contributed by atoms with Crippen molar-refractivity contribution in [3.05, 3.63) is 91.4 Å². The highest BCUT2D eigenvalue weighted by atomic mass is 35.5. The Hall–Kier alpha value is -1.67. The molecule has 0 aliphatic carbocycles. The normalized spacial score (nSPS) is 13.8. The van der Waals surface area contributed by atoms with E-state index < -0.39 is 20.6 Å². The van der Waals surface area contributed by atoms with Crippen LogP contribution in [0.1, 0.15) is 16.7 Å². The Balaban J connectivity index is 2.58. The molecule has 0 radical (unpaired) electrons. The van der Waals surface area contributed by atoms with Gasteiger partial charge in [0, 0.05) is 5.56 Å². The van der Waals surface area contributed by atoms with Gasteiger partial charge in [0.15, 0.2) is 10.5 Å². The van der Waals surface area contributed by atoms with E-state index in [1.165, 1.54) is 42.5 Å². The molecule has 152 valence electrons. The Morgan fingerprint density at radius 2 is 1.31 bits per heavy atom. The van der Waals surface area contributed by atoms with Crippen molar-refractivity contribution in [1.29, 1.82) is 0 Å². The minimum atomic E-state index is -5.01. The highest BCUT2D eigenvalue weighted by Crippen LogP contribution is 2.50.